The third-order valence-electron chi connectivity index (χ3n) is 4.48. The quantitative estimate of drug-likeness (QED) is 0.922. The number of nitrogens with zero attached hydrogens (tertiary/aromatic N) is 1. The summed E-state index contributed by atoms with van der Waals surface area (Å²) in [6, 6.07) is 13.2. The van der Waals surface area contributed by atoms with E-state index in [0.717, 1.165) is 36.5 Å². The maximum atomic E-state index is 12.6. The highest BCUT2D eigenvalue weighted by molar-refractivity contribution is 6.30. The van der Waals surface area contributed by atoms with Crippen molar-refractivity contribution in [3.8, 4) is 5.75 Å². The number of hydrogen-bond donors (Lipinski definition) is 1. The molecule has 3 rings (SSSR count). The van der Waals surface area contributed by atoms with Crippen LogP contribution in [0.2, 0.25) is 5.02 Å². The molecule has 0 aromatic heterocycles. The summed E-state index contributed by atoms with van der Waals surface area (Å²) in [7, 11) is 0. The molecule has 2 aromatic rings. The van der Waals surface area contributed by atoms with Gasteiger partial charge in [0.2, 0.25) is 0 Å². The Morgan fingerprint density at radius 3 is 2.74 bits per heavy atom. The Labute approximate surface area is 141 Å². The van der Waals surface area contributed by atoms with Crippen LogP contribution in [0, 0.1) is 12.8 Å². The summed E-state index contributed by atoms with van der Waals surface area (Å²) in [5, 5.41) is 10.8. The maximum absolute atomic E-state index is 12.6. The molecule has 0 spiro atoms. The minimum Gasteiger partial charge on any atom is -0.507 e. The molecule has 1 heterocycles. The first-order valence-electron chi connectivity index (χ1n) is 7.87. The van der Waals surface area contributed by atoms with Crippen molar-refractivity contribution in [2.24, 2.45) is 5.92 Å². The van der Waals surface area contributed by atoms with E-state index >= 15 is 0 Å². The molecule has 1 atom stereocenters. The van der Waals surface area contributed by atoms with Gasteiger partial charge < -0.3 is 10.0 Å². The van der Waals surface area contributed by atoms with Crippen LogP contribution >= 0.6 is 11.6 Å². The van der Waals surface area contributed by atoms with Crippen molar-refractivity contribution in [1.29, 1.82) is 0 Å². The van der Waals surface area contributed by atoms with E-state index in [9.17, 15) is 9.90 Å². The third kappa shape index (κ3) is 3.50. The van der Waals surface area contributed by atoms with E-state index < -0.39 is 0 Å². The fraction of sp³-hybridized carbons (Fsp3) is 0.316. The number of halogens is 1. The number of benzene rings is 2. The summed E-state index contributed by atoms with van der Waals surface area (Å²) in [6.45, 7) is 3.28. The smallest absolute Gasteiger partial charge is 0.257 e. The number of para-hydroxylation sites is 1. The first-order valence-corrected chi connectivity index (χ1v) is 8.24. The number of carbonyl (C=O) groups is 1. The zero-order chi connectivity index (χ0) is 16.4. The molecular weight excluding hydrogens is 310 g/mol. The standard InChI is InChI=1S/C19H20ClNO2/c1-13-3-2-4-17(18(13)22)19(23)21-10-9-15(12-21)11-14-5-7-16(20)8-6-14/h2-8,15,22H,9-12H2,1H3. The highest BCUT2D eigenvalue weighted by Crippen LogP contribution is 2.27. The van der Waals surface area contributed by atoms with Crippen LogP contribution in [0.5, 0.6) is 5.75 Å². The first-order chi connectivity index (χ1) is 11.0. The zero-order valence-corrected chi connectivity index (χ0v) is 13.9. The first kappa shape index (κ1) is 15.9. The molecule has 1 amide bonds. The van der Waals surface area contributed by atoms with Gasteiger partial charge in [-0.3, -0.25) is 4.79 Å². The van der Waals surface area contributed by atoms with Gasteiger partial charge in [-0.05, 0) is 55.0 Å². The number of likely N-dealkylation sites (tertiary alicyclic amines) is 1. The molecule has 1 saturated heterocycles. The van der Waals surface area contributed by atoms with Gasteiger partial charge in [0.25, 0.3) is 5.91 Å². The van der Waals surface area contributed by atoms with Crippen molar-refractivity contribution >= 4 is 17.5 Å². The van der Waals surface area contributed by atoms with E-state index in [2.05, 4.69) is 0 Å². The van der Waals surface area contributed by atoms with E-state index in [1.807, 2.05) is 35.2 Å². The number of phenolic OH excluding ortho intramolecular Hbond substituents is 1. The second kappa shape index (κ2) is 6.63. The Bertz CT molecular complexity index is 712. The predicted molar refractivity (Wildman–Crippen MR) is 92.0 cm³/mol. The monoisotopic (exact) mass is 329 g/mol. The number of aromatic hydroxyl groups is 1. The Balaban J connectivity index is 1.66. The van der Waals surface area contributed by atoms with Crippen molar-refractivity contribution in [3.63, 3.8) is 0 Å². The molecule has 0 radical (unpaired) electrons. The van der Waals surface area contributed by atoms with Crippen LogP contribution in [-0.4, -0.2) is 29.0 Å². The summed E-state index contributed by atoms with van der Waals surface area (Å²) in [6.07, 6.45) is 1.93. The number of amides is 1. The largest absolute Gasteiger partial charge is 0.507 e. The van der Waals surface area contributed by atoms with Crippen LogP contribution in [0.15, 0.2) is 42.5 Å². The average Bonchev–Trinajstić information content (AvgIpc) is 3.00. The fourth-order valence-electron chi connectivity index (χ4n) is 3.14. The van der Waals surface area contributed by atoms with E-state index in [-0.39, 0.29) is 11.7 Å². The lowest BCUT2D eigenvalue weighted by molar-refractivity contribution is 0.0784. The predicted octanol–water partition coefficient (Wildman–Crippen LogP) is 4.06. The van der Waals surface area contributed by atoms with Crippen LogP contribution in [0.4, 0.5) is 0 Å². The van der Waals surface area contributed by atoms with Crippen LogP contribution in [0.1, 0.15) is 27.9 Å². The Hall–Kier alpha value is -2.00. The number of hydrogen-bond acceptors (Lipinski definition) is 2. The highest BCUT2D eigenvalue weighted by atomic mass is 35.5. The van der Waals surface area contributed by atoms with E-state index in [1.165, 1.54) is 5.56 Å². The van der Waals surface area contributed by atoms with Gasteiger partial charge in [0.1, 0.15) is 5.75 Å². The number of aryl methyl sites for hydroxylation is 1. The summed E-state index contributed by atoms with van der Waals surface area (Å²) < 4.78 is 0. The van der Waals surface area contributed by atoms with Gasteiger partial charge in [-0.2, -0.15) is 0 Å². The van der Waals surface area contributed by atoms with Gasteiger partial charge in [0.05, 0.1) is 5.56 Å². The van der Waals surface area contributed by atoms with Crippen LogP contribution < -0.4 is 0 Å². The van der Waals surface area contributed by atoms with E-state index in [4.69, 9.17) is 11.6 Å². The Morgan fingerprint density at radius 1 is 1.26 bits per heavy atom. The molecule has 4 heteroatoms. The zero-order valence-electron chi connectivity index (χ0n) is 13.1. The average molecular weight is 330 g/mol. The summed E-state index contributed by atoms with van der Waals surface area (Å²) >= 11 is 5.91. The van der Waals surface area contributed by atoms with Gasteiger partial charge in [-0.25, -0.2) is 0 Å². The van der Waals surface area contributed by atoms with E-state index in [0.29, 0.717) is 11.5 Å². The molecule has 120 valence electrons. The molecule has 1 aliphatic heterocycles. The van der Waals surface area contributed by atoms with Gasteiger partial charge in [0.15, 0.2) is 0 Å². The Kier molecular flexibility index (Phi) is 4.58. The second-order valence-corrected chi connectivity index (χ2v) is 6.64. The third-order valence-corrected chi connectivity index (χ3v) is 4.73. The van der Waals surface area contributed by atoms with Crippen molar-refractivity contribution in [2.45, 2.75) is 19.8 Å². The van der Waals surface area contributed by atoms with Gasteiger partial charge in [-0.1, -0.05) is 35.9 Å². The van der Waals surface area contributed by atoms with Gasteiger partial charge in [0, 0.05) is 18.1 Å². The van der Waals surface area contributed by atoms with Gasteiger partial charge in [-0.15, -0.1) is 0 Å². The van der Waals surface area contributed by atoms with Crippen LogP contribution in [0.25, 0.3) is 0 Å². The van der Waals surface area contributed by atoms with Crippen molar-refractivity contribution in [2.75, 3.05) is 13.1 Å². The molecule has 0 saturated carbocycles. The van der Waals surface area contributed by atoms with Gasteiger partial charge >= 0.3 is 0 Å². The summed E-state index contributed by atoms with van der Waals surface area (Å²) in [5.41, 5.74) is 2.37. The molecule has 1 N–H and O–H groups in total. The maximum Gasteiger partial charge on any atom is 0.257 e. The second-order valence-electron chi connectivity index (χ2n) is 6.21. The van der Waals surface area contributed by atoms with E-state index in [1.54, 1.807) is 19.1 Å². The van der Waals surface area contributed by atoms with Crippen molar-refractivity contribution in [3.05, 3.63) is 64.2 Å². The molecular formula is C19H20ClNO2. The molecule has 0 aliphatic carbocycles. The van der Waals surface area contributed by atoms with Crippen molar-refractivity contribution in [1.82, 2.24) is 4.90 Å². The Morgan fingerprint density at radius 2 is 2.00 bits per heavy atom. The molecule has 0 bridgehead atoms. The molecule has 1 fully saturated rings. The topological polar surface area (TPSA) is 40.5 Å². The number of phenols is 1. The number of carbonyl (C=O) groups excluding carboxylic acids is 1. The molecule has 3 nitrogen and oxygen atoms in total. The van der Waals surface area contributed by atoms with Crippen molar-refractivity contribution < 1.29 is 9.90 Å². The summed E-state index contributed by atoms with van der Waals surface area (Å²) in [4.78, 5) is 14.5. The fourth-order valence-corrected chi connectivity index (χ4v) is 3.27. The SMILES string of the molecule is Cc1cccc(C(=O)N2CCC(Cc3ccc(Cl)cc3)C2)c1O. The highest BCUT2D eigenvalue weighted by Gasteiger charge is 2.28. The minimum atomic E-state index is -0.0789. The normalized spacial score (nSPS) is 17.5. The number of rotatable bonds is 3. The van der Waals surface area contributed by atoms with Crippen LogP contribution in [-0.2, 0) is 6.42 Å². The lowest BCUT2D eigenvalue weighted by atomic mass is 9.99. The van der Waals surface area contributed by atoms with Crippen LogP contribution in [0.3, 0.4) is 0 Å². The lowest BCUT2D eigenvalue weighted by Gasteiger charge is -2.18. The molecule has 1 aliphatic rings. The molecule has 23 heavy (non-hydrogen) atoms. The molecule has 2 aromatic carbocycles. The molecule has 1 unspecified atom stereocenters. The lowest BCUT2D eigenvalue weighted by Crippen LogP contribution is -2.29. The summed E-state index contributed by atoms with van der Waals surface area (Å²) in [5.74, 6) is 0.468. The minimum absolute atomic E-state index is 0.0789.